The van der Waals surface area contributed by atoms with E-state index in [1.165, 1.54) is 0 Å². The van der Waals surface area contributed by atoms with Gasteiger partial charge in [0, 0.05) is 69.2 Å². The molecule has 16 atom stereocenters. The number of carbonyl (C=O) groups excluding carboxylic acids is 11. The number of nitrogens with one attached hydrogen (secondary N) is 2. The highest BCUT2D eigenvalue weighted by atomic mass is 35.6. The van der Waals surface area contributed by atoms with Crippen molar-refractivity contribution in [1.82, 2.24) is 5.32 Å². The van der Waals surface area contributed by atoms with Crippen molar-refractivity contribution in [2.75, 3.05) is 26.9 Å². The molecule has 0 radical (unpaired) electrons. The van der Waals surface area contributed by atoms with Gasteiger partial charge in [-0.1, -0.05) is 34.8 Å². The number of carbonyl (C=O) groups is 11. The number of aliphatic hydroxyl groups is 1. The number of alkyl halides is 3. The lowest BCUT2D eigenvalue weighted by Gasteiger charge is -2.52. The molecule has 0 aromatic heterocycles. The molecule has 434 valence electrons. The summed E-state index contributed by atoms with van der Waals surface area (Å²) in [7, 11) is 0.810. The maximum absolute atomic E-state index is 14.5. The number of amides is 1. The van der Waals surface area contributed by atoms with Crippen molar-refractivity contribution in [3.05, 3.63) is 0 Å². The maximum Gasteiger partial charge on any atom is 0.366 e. The van der Waals surface area contributed by atoms with Gasteiger partial charge in [0.15, 0.2) is 30.7 Å². The van der Waals surface area contributed by atoms with E-state index in [4.69, 9.17) is 116 Å². The second-order valence-electron chi connectivity index (χ2n) is 17.0. The van der Waals surface area contributed by atoms with Crippen LogP contribution in [0.3, 0.4) is 0 Å². The summed E-state index contributed by atoms with van der Waals surface area (Å²) in [5.41, 5.74) is 0. The zero-order chi connectivity index (χ0) is 58.4. The Morgan fingerprint density at radius 3 is 1.58 bits per heavy atom. The van der Waals surface area contributed by atoms with Gasteiger partial charge in [-0.2, -0.15) is 0 Å². The van der Waals surface area contributed by atoms with Crippen LogP contribution in [0, 0.1) is 5.41 Å². The first-order chi connectivity index (χ1) is 35.7. The lowest BCUT2D eigenvalue weighted by atomic mass is 9.87. The molecule has 3 aliphatic rings. The Hall–Kier alpha value is -5.73. The average molecular weight is 1170 g/mol. The van der Waals surface area contributed by atoms with E-state index in [1.54, 1.807) is 0 Å². The summed E-state index contributed by atoms with van der Waals surface area (Å²) in [6.07, 6.45) is -29.8. The molecule has 77 heavy (non-hydrogen) atoms. The highest BCUT2D eigenvalue weighted by Crippen LogP contribution is 2.42. The molecule has 0 saturated carbocycles. The van der Waals surface area contributed by atoms with Crippen LogP contribution < -0.4 is 5.32 Å². The molecular formula is C44H59Cl3N2O28. The lowest BCUT2D eigenvalue weighted by Crippen LogP contribution is -2.72. The van der Waals surface area contributed by atoms with Crippen LogP contribution in [0.2, 0.25) is 0 Å². The van der Waals surface area contributed by atoms with Gasteiger partial charge in [0.1, 0.15) is 62.5 Å². The normalized spacial score (nSPS) is 29.7. The van der Waals surface area contributed by atoms with Gasteiger partial charge >= 0.3 is 59.7 Å². The van der Waals surface area contributed by atoms with Crippen LogP contribution in [0.5, 0.6) is 0 Å². The third kappa shape index (κ3) is 19.3. The van der Waals surface area contributed by atoms with Crippen molar-refractivity contribution in [3.63, 3.8) is 0 Å². The van der Waals surface area contributed by atoms with Crippen molar-refractivity contribution in [3.8, 4) is 0 Å². The molecule has 3 aliphatic heterocycles. The molecule has 0 unspecified atom stereocenters. The highest BCUT2D eigenvalue weighted by Gasteiger charge is 2.64. The summed E-state index contributed by atoms with van der Waals surface area (Å²) in [4.78, 5) is 141. The number of hydrogen-bond acceptors (Lipinski definition) is 29. The lowest BCUT2D eigenvalue weighted by molar-refractivity contribution is -0.385. The van der Waals surface area contributed by atoms with E-state index < -0.39 is 199 Å². The molecule has 3 N–H and O–H groups in total. The molecule has 3 fully saturated rings. The van der Waals surface area contributed by atoms with Gasteiger partial charge in [0.2, 0.25) is 24.2 Å². The summed E-state index contributed by atoms with van der Waals surface area (Å²) in [5, 5.41) is 22.9. The molecule has 0 spiro atoms. The predicted octanol–water partition coefficient (Wildman–Crippen LogP) is -0.626. The molecule has 1 amide bonds. The number of ether oxygens (including phenoxy) is 16. The number of rotatable bonds is 21. The average Bonchev–Trinajstić information content (AvgIpc) is 3.28. The van der Waals surface area contributed by atoms with Crippen LogP contribution in [0.25, 0.3) is 0 Å². The fourth-order valence-electron chi connectivity index (χ4n) is 7.98. The third-order valence-electron chi connectivity index (χ3n) is 10.6. The number of hydrogen-bond donors (Lipinski definition) is 3. The Morgan fingerprint density at radius 1 is 0.623 bits per heavy atom. The van der Waals surface area contributed by atoms with Gasteiger partial charge in [0.05, 0.1) is 19.6 Å². The van der Waals surface area contributed by atoms with Gasteiger partial charge in [0.25, 0.3) is 9.58 Å². The van der Waals surface area contributed by atoms with E-state index in [1.807, 2.05) is 0 Å². The quantitative estimate of drug-likeness (QED) is 0.0424. The minimum atomic E-state index is -3.16. The zero-order valence-electron chi connectivity index (χ0n) is 43.1. The second-order valence-corrected chi connectivity index (χ2v) is 19.2. The first-order valence-corrected chi connectivity index (χ1v) is 23.9. The number of esters is 10. The summed E-state index contributed by atoms with van der Waals surface area (Å²) < 4.78 is 88.0. The molecule has 0 aliphatic carbocycles. The van der Waals surface area contributed by atoms with Crippen LogP contribution in [0.15, 0.2) is 0 Å². The number of methoxy groups -OCH3 is 1. The molecule has 3 saturated heterocycles. The fourth-order valence-corrected chi connectivity index (χ4v) is 8.11. The van der Waals surface area contributed by atoms with Gasteiger partial charge in [-0.05, 0) is 0 Å². The number of halogens is 3. The first kappa shape index (κ1) is 65.6. The molecular weight excluding hydrogens is 1110 g/mol. The first-order valence-electron chi connectivity index (χ1n) is 22.8. The Kier molecular flexibility index (Phi) is 24.5. The van der Waals surface area contributed by atoms with E-state index in [0.717, 1.165) is 76.3 Å². The van der Waals surface area contributed by atoms with Gasteiger partial charge in [-0.3, -0.25) is 53.4 Å². The largest absolute Gasteiger partial charge is 0.465 e. The van der Waals surface area contributed by atoms with E-state index in [-0.39, 0.29) is 0 Å². The Labute approximate surface area is 453 Å². The fraction of sp³-hybridized carbons (Fsp3) is 0.727. The van der Waals surface area contributed by atoms with Gasteiger partial charge in [-0.25, -0.2) is 4.79 Å². The van der Waals surface area contributed by atoms with Crippen LogP contribution in [-0.2, 0) is 129 Å². The van der Waals surface area contributed by atoms with Crippen molar-refractivity contribution >= 4 is 106 Å². The van der Waals surface area contributed by atoms with E-state index in [2.05, 4.69) is 5.32 Å². The Balaban J connectivity index is 2.46. The topological polar surface area (TPSA) is 392 Å². The van der Waals surface area contributed by atoms with Crippen LogP contribution in [0.4, 0.5) is 0 Å². The van der Waals surface area contributed by atoms with E-state index in [9.17, 15) is 57.8 Å². The molecule has 0 aromatic rings. The molecule has 0 bridgehead atoms. The standard InChI is InChI=1S/C44H59Cl3N2O28/c1-16(50)49-30-26(66-20(5)54)12-43(42(61)62-11,76-34(30)32(68-22(7)56)28(67-21(6)55)14-64-18(3)52)77-35-31(60)27(13-63-17(2)51)72-39(37(35)70-24(9)58)74-33-29(15-65-19(4)53)73-40(75-41(48)44(45,46)47)38(71-25(10)59)36(33)69-23(8)57/h26-40,48,60H,12-15H2,1-11H3,(H,49,50)/t26-,27+,28+,29+,30+,31-,32+,33+,34+,35-,36-,37+,38+,39-,40+,43-/m0/s1. The molecule has 3 heterocycles. The third-order valence-corrected chi connectivity index (χ3v) is 11.1. The minimum Gasteiger partial charge on any atom is -0.465 e. The summed E-state index contributed by atoms with van der Waals surface area (Å²) >= 11 is 17.6. The molecule has 0 aromatic carbocycles. The molecule has 3 rings (SSSR count). The summed E-state index contributed by atoms with van der Waals surface area (Å²) in [6.45, 7) is 6.62. The van der Waals surface area contributed by atoms with Crippen molar-refractivity contribution in [1.29, 1.82) is 5.41 Å². The zero-order valence-corrected chi connectivity index (χ0v) is 45.4. The summed E-state index contributed by atoms with van der Waals surface area (Å²) in [6, 6.07) is -1.72. The van der Waals surface area contributed by atoms with Crippen LogP contribution >= 0.6 is 34.8 Å². The second kappa shape index (κ2) is 28.8. The molecule has 33 heteroatoms. The van der Waals surface area contributed by atoms with Gasteiger partial charge < -0.3 is 86.2 Å². The Morgan fingerprint density at radius 2 is 1.12 bits per heavy atom. The van der Waals surface area contributed by atoms with Crippen molar-refractivity contribution in [2.45, 2.75) is 177 Å². The maximum atomic E-state index is 14.5. The summed E-state index contributed by atoms with van der Waals surface area (Å²) in [5.74, 6) is -16.2. The van der Waals surface area contributed by atoms with Crippen molar-refractivity contribution in [2.24, 2.45) is 0 Å². The minimum absolute atomic E-state index is 0.810. The van der Waals surface area contributed by atoms with E-state index >= 15 is 0 Å². The Bertz CT molecular complexity index is 2210. The smallest absolute Gasteiger partial charge is 0.366 e. The predicted molar refractivity (Wildman–Crippen MR) is 247 cm³/mol. The number of aliphatic hydroxyl groups excluding tert-OH is 1. The monoisotopic (exact) mass is 1170 g/mol. The van der Waals surface area contributed by atoms with Crippen LogP contribution in [0.1, 0.15) is 75.7 Å². The van der Waals surface area contributed by atoms with Gasteiger partial charge in [-0.15, -0.1) is 0 Å². The van der Waals surface area contributed by atoms with Crippen molar-refractivity contribution < 1.29 is 134 Å². The SMILES string of the molecule is COC(=O)[C@@]1(O[C@H]2[C@@H](O)[C@@H](COC(C)=O)O[C@@H](O[C@H]3[C@H](OC(C)=O)[C@@H](OC(C)=O)[C@@H](OC(=N)C(Cl)(Cl)Cl)O[C@@H]3COC(C)=O)[C@@H]2OC(C)=O)C[C@H](OC(C)=O)[C@@H](NC(C)=O)[C@H]([C@H](OC(C)=O)[C@@H](COC(C)=O)OC(C)=O)O1. The van der Waals surface area contributed by atoms with E-state index in [0.29, 0.717) is 0 Å². The highest BCUT2D eigenvalue weighted by molar-refractivity contribution is 6.76. The van der Waals surface area contributed by atoms with Crippen LogP contribution in [-0.4, -0.2) is 205 Å². The molecule has 30 nitrogen and oxygen atoms in total.